The van der Waals surface area contributed by atoms with Gasteiger partial charge in [-0.25, -0.2) is 0 Å². The quantitative estimate of drug-likeness (QED) is 0.599. The van der Waals surface area contributed by atoms with Crippen LogP contribution in [0.3, 0.4) is 0 Å². The van der Waals surface area contributed by atoms with Crippen LogP contribution in [0.5, 0.6) is 5.75 Å². The van der Waals surface area contributed by atoms with Gasteiger partial charge in [0.15, 0.2) is 0 Å². The molecule has 1 atom stereocenters. The maximum atomic E-state index is 5.89. The van der Waals surface area contributed by atoms with Crippen LogP contribution in [0.4, 0.5) is 0 Å². The predicted octanol–water partition coefficient (Wildman–Crippen LogP) is 5.71. The second-order valence-electron chi connectivity index (χ2n) is 6.37. The van der Waals surface area contributed by atoms with Crippen molar-refractivity contribution in [2.75, 3.05) is 14.2 Å². The zero-order chi connectivity index (χ0) is 17.1. The van der Waals surface area contributed by atoms with Gasteiger partial charge in [-0.05, 0) is 51.6 Å². The van der Waals surface area contributed by atoms with Crippen LogP contribution in [0, 0.1) is 0 Å². The number of hydrogen-bond donors (Lipinski definition) is 0. The molecule has 0 fully saturated rings. The highest BCUT2D eigenvalue weighted by atomic mass is 16.5. The molecular weight excluding hydrogens is 296 g/mol. The molecule has 0 aromatic heterocycles. The molecule has 0 amide bonds. The average molecular weight is 320 g/mol. The second-order valence-corrected chi connectivity index (χ2v) is 6.37. The number of rotatable bonds is 5. The Bertz CT molecular complexity index is 819. The van der Waals surface area contributed by atoms with Crippen molar-refractivity contribution in [3.63, 3.8) is 0 Å². The summed E-state index contributed by atoms with van der Waals surface area (Å²) in [4.78, 5) is 0. The van der Waals surface area contributed by atoms with E-state index < -0.39 is 0 Å². The maximum Gasteiger partial charge on any atom is 0.118 e. The molecule has 0 heterocycles. The lowest BCUT2D eigenvalue weighted by Crippen LogP contribution is -2.08. The van der Waals surface area contributed by atoms with Gasteiger partial charge in [-0.1, -0.05) is 56.3 Å². The van der Waals surface area contributed by atoms with Gasteiger partial charge in [0.05, 0.1) is 7.11 Å². The van der Waals surface area contributed by atoms with Crippen molar-refractivity contribution in [3.8, 4) is 5.75 Å². The van der Waals surface area contributed by atoms with Gasteiger partial charge in [-0.2, -0.15) is 0 Å². The lowest BCUT2D eigenvalue weighted by Gasteiger charge is -2.23. The van der Waals surface area contributed by atoms with Crippen molar-refractivity contribution in [2.45, 2.75) is 25.9 Å². The highest BCUT2D eigenvalue weighted by Gasteiger charge is 2.19. The second kappa shape index (κ2) is 7.06. The van der Waals surface area contributed by atoms with Crippen LogP contribution in [-0.2, 0) is 4.74 Å². The standard InChI is InChI=1S/C22H24O2/c1-15(2)20-13-17-7-5-6-8-18(17)14-21(20)22(24-4)16-9-11-19(23-3)12-10-16/h5-15,22H,1-4H3. The van der Waals surface area contributed by atoms with E-state index in [-0.39, 0.29) is 6.10 Å². The minimum absolute atomic E-state index is 0.0853. The number of ether oxygens (including phenoxy) is 2. The highest BCUT2D eigenvalue weighted by Crippen LogP contribution is 2.35. The molecule has 2 nitrogen and oxygen atoms in total. The van der Waals surface area contributed by atoms with Gasteiger partial charge in [-0.15, -0.1) is 0 Å². The van der Waals surface area contributed by atoms with Crippen LogP contribution in [0.25, 0.3) is 10.8 Å². The molecule has 1 unspecified atom stereocenters. The van der Waals surface area contributed by atoms with E-state index in [2.05, 4.69) is 62.4 Å². The normalized spacial score (nSPS) is 12.5. The largest absolute Gasteiger partial charge is 0.497 e. The molecule has 24 heavy (non-hydrogen) atoms. The lowest BCUT2D eigenvalue weighted by molar-refractivity contribution is 0.135. The molecule has 3 rings (SSSR count). The monoisotopic (exact) mass is 320 g/mol. The summed E-state index contributed by atoms with van der Waals surface area (Å²) >= 11 is 0. The minimum Gasteiger partial charge on any atom is -0.497 e. The van der Waals surface area contributed by atoms with Gasteiger partial charge in [0.2, 0.25) is 0 Å². The van der Waals surface area contributed by atoms with Gasteiger partial charge in [0.1, 0.15) is 11.9 Å². The van der Waals surface area contributed by atoms with Gasteiger partial charge in [0, 0.05) is 7.11 Å². The summed E-state index contributed by atoms with van der Waals surface area (Å²) in [5, 5.41) is 2.52. The van der Waals surface area contributed by atoms with Gasteiger partial charge in [0.25, 0.3) is 0 Å². The van der Waals surface area contributed by atoms with Crippen molar-refractivity contribution in [3.05, 3.63) is 77.4 Å². The van der Waals surface area contributed by atoms with Crippen LogP contribution in [0.1, 0.15) is 42.6 Å². The Morgan fingerprint density at radius 2 is 1.33 bits per heavy atom. The zero-order valence-electron chi connectivity index (χ0n) is 14.7. The van der Waals surface area contributed by atoms with Crippen LogP contribution in [0.15, 0.2) is 60.7 Å². The smallest absolute Gasteiger partial charge is 0.118 e. The van der Waals surface area contributed by atoms with E-state index in [1.54, 1.807) is 14.2 Å². The Morgan fingerprint density at radius 1 is 0.750 bits per heavy atom. The Labute approximate surface area is 144 Å². The molecule has 0 aliphatic carbocycles. The molecular formula is C22H24O2. The Hall–Kier alpha value is -2.32. The number of methoxy groups -OCH3 is 2. The van der Waals surface area contributed by atoms with E-state index in [0.29, 0.717) is 5.92 Å². The van der Waals surface area contributed by atoms with Gasteiger partial charge >= 0.3 is 0 Å². The van der Waals surface area contributed by atoms with E-state index in [1.807, 2.05) is 12.1 Å². The summed E-state index contributed by atoms with van der Waals surface area (Å²) in [5.41, 5.74) is 3.70. The van der Waals surface area contributed by atoms with Crippen LogP contribution >= 0.6 is 0 Å². The van der Waals surface area contributed by atoms with E-state index >= 15 is 0 Å². The van der Waals surface area contributed by atoms with E-state index in [4.69, 9.17) is 9.47 Å². The molecule has 0 bridgehead atoms. The first-order valence-electron chi connectivity index (χ1n) is 8.33. The Kier molecular flexibility index (Phi) is 4.86. The molecule has 0 spiro atoms. The van der Waals surface area contributed by atoms with Crippen molar-refractivity contribution >= 4 is 10.8 Å². The third-order valence-corrected chi connectivity index (χ3v) is 4.51. The molecule has 124 valence electrons. The Morgan fingerprint density at radius 3 is 1.83 bits per heavy atom. The fourth-order valence-corrected chi connectivity index (χ4v) is 3.22. The predicted molar refractivity (Wildman–Crippen MR) is 99.9 cm³/mol. The topological polar surface area (TPSA) is 18.5 Å². The molecule has 0 saturated carbocycles. The van der Waals surface area contributed by atoms with Crippen molar-refractivity contribution < 1.29 is 9.47 Å². The molecule has 3 aromatic rings. The van der Waals surface area contributed by atoms with Gasteiger partial charge in [-0.3, -0.25) is 0 Å². The first-order valence-corrected chi connectivity index (χ1v) is 8.33. The fraction of sp³-hybridized carbons (Fsp3) is 0.273. The maximum absolute atomic E-state index is 5.89. The molecule has 0 aliphatic heterocycles. The summed E-state index contributed by atoms with van der Waals surface area (Å²) in [6.45, 7) is 4.46. The first kappa shape index (κ1) is 16.5. The van der Waals surface area contributed by atoms with Crippen LogP contribution in [0.2, 0.25) is 0 Å². The number of benzene rings is 3. The third kappa shape index (κ3) is 3.15. The zero-order valence-corrected chi connectivity index (χ0v) is 14.7. The highest BCUT2D eigenvalue weighted by molar-refractivity contribution is 5.84. The Balaban J connectivity index is 2.14. The fourth-order valence-electron chi connectivity index (χ4n) is 3.22. The number of fused-ring (bicyclic) bond motifs is 1. The van der Waals surface area contributed by atoms with Crippen molar-refractivity contribution in [1.82, 2.24) is 0 Å². The van der Waals surface area contributed by atoms with E-state index in [0.717, 1.165) is 11.3 Å². The van der Waals surface area contributed by atoms with Crippen LogP contribution in [-0.4, -0.2) is 14.2 Å². The molecule has 0 radical (unpaired) electrons. The summed E-state index contributed by atoms with van der Waals surface area (Å²) < 4.78 is 11.2. The van der Waals surface area contributed by atoms with E-state index in [1.165, 1.54) is 21.9 Å². The van der Waals surface area contributed by atoms with E-state index in [9.17, 15) is 0 Å². The molecule has 2 heteroatoms. The van der Waals surface area contributed by atoms with Crippen LogP contribution < -0.4 is 4.74 Å². The van der Waals surface area contributed by atoms with Crippen molar-refractivity contribution in [2.24, 2.45) is 0 Å². The summed E-state index contributed by atoms with van der Waals surface area (Å²) in [7, 11) is 3.46. The molecule has 0 aliphatic rings. The SMILES string of the molecule is COc1ccc(C(OC)c2cc3ccccc3cc2C(C)C)cc1. The van der Waals surface area contributed by atoms with Gasteiger partial charge < -0.3 is 9.47 Å². The molecule has 0 N–H and O–H groups in total. The lowest BCUT2D eigenvalue weighted by atomic mass is 9.88. The number of hydrogen-bond acceptors (Lipinski definition) is 2. The summed E-state index contributed by atoms with van der Waals surface area (Å²) in [5.74, 6) is 1.29. The van der Waals surface area contributed by atoms with Crippen molar-refractivity contribution in [1.29, 1.82) is 0 Å². The summed E-state index contributed by atoms with van der Waals surface area (Å²) in [6.07, 6.45) is -0.0853. The third-order valence-electron chi connectivity index (χ3n) is 4.51. The average Bonchev–Trinajstić information content (AvgIpc) is 2.62. The molecule has 0 saturated heterocycles. The summed E-state index contributed by atoms with van der Waals surface area (Å²) in [6, 6.07) is 21.2. The first-order chi connectivity index (χ1) is 11.6. The minimum atomic E-state index is -0.0853. The molecule has 3 aromatic carbocycles.